The van der Waals surface area contributed by atoms with Crippen molar-refractivity contribution in [3.05, 3.63) is 22.7 Å². The lowest BCUT2D eigenvalue weighted by molar-refractivity contribution is -0.117. The number of halogens is 2. The Balaban J connectivity index is 2.54. The van der Waals surface area contributed by atoms with Gasteiger partial charge in [-0.2, -0.15) is 0 Å². The zero-order valence-electron chi connectivity index (χ0n) is 9.48. The Hall–Kier alpha value is 0.0500. The second-order valence-electron chi connectivity index (χ2n) is 4.00. The van der Waals surface area contributed by atoms with Gasteiger partial charge in [-0.05, 0) is 25.1 Å². The second-order valence-corrected chi connectivity index (χ2v) is 6.68. The van der Waals surface area contributed by atoms with E-state index < -0.39 is 0 Å². The van der Waals surface area contributed by atoms with Gasteiger partial charge in [-0.3, -0.25) is 4.79 Å². The van der Waals surface area contributed by atoms with E-state index in [-0.39, 0.29) is 11.9 Å². The first-order valence-electron chi connectivity index (χ1n) is 5.20. The maximum atomic E-state index is 11.7. The summed E-state index contributed by atoms with van der Waals surface area (Å²) in [4.78, 5) is 13.6. The number of rotatable bonds is 1. The summed E-state index contributed by atoms with van der Waals surface area (Å²) < 4.78 is 3.25. The summed E-state index contributed by atoms with van der Waals surface area (Å²) in [5, 5.41) is 0. The summed E-state index contributed by atoms with van der Waals surface area (Å²) in [7, 11) is 1.66. The normalized spacial score (nSPS) is 19.2. The minimum atomic E-state index is 0.0965. The third-order valence-electron chi connectivity index (χ3n) is 2.76. The number of carbonyl (C=O) groups excluding carboxylic acids is 1. The van der Waals surface area contributed by atoms with Crippen LogP contribution in [0.5, 0.6) is 0 Å². The van der Waals surface area contributed by atoms with Crippen LogP contribution in [0.25, 0.3) is 0 Å². The number of anilines is 2. The van der Waals surface area contributed by atoms with Crippen LogP contribution in [0, 0.1) is 0 Å². The molecule has 0 N–H and O–H groups in total. The van der Waals surface area contributed by atoms with Crippen molar-refractivity contribution >= 4 is 63.5 Å². The highest BCUT2D eigenvalue weighted by Crippen LogP contribution is 2.42. The zero-order chi connectivity index (χ0) is 12.6. The third kappa shape index (κ3) is 2.58. The smallest absolute Gasteiger partial charge is 0.224 e. The highest BCUT2D eigenvalue weighted by atomic mass is 127. The fraction of sp³-hybridized carbons (Fsp3) is 0.364. The van der Waals surface area contributed by atoms with Crippen molar-refractivity contribution < 1.29 is 4.79 Å². The van der Waals surface area contributed by atoms with Crippen molar-refractivity contribution in [2.45, 2.75) is 19.9 Å². The number of nitrogens with zero attached hydrogens (tertiary/aromatic N) is 2. The third-order valence-corrected chi connectivity index (χ3v) is 5.19. The molecule has 0 radical (unpaired) electrons. The molecule has 6 heteroatoms. The van der Waals surface area contributed by atoms with Crippen molar-refractivity contribution in [1.29, 1.82) is 0 Å². The Morgan fingerprint density at radius 3 is 2.82 bits per heavy atom. The summed E-state index contributed by atoms with van der Waals surface area (Å²) in [5.41, 5.74) is 2.08. The summed E-state index contributed by atoms with van der Waals surface area (Å²) in [6.07, 6.45) is 0. The largest absolute Gasteiger partial charge is 0.306 e. The summed E-state index contributed by atoms with van der Waals surface area (Å²) in [6, 6.07) is 6.23. The van der Waals surface area contributed by atoms with E-state index in [2.05, 4.69) is 54.4 Å². The molecule has 0 spiro atoms. The molecule has 1 amide bonds. The molecular weight excluding hydrogens is 415 g/mol. The molecule has 0 aromatic heterocycles. The highest BCUT2D eigenvalue weighted by molar-refractivity contribution is 14.2. The molecule has 17 heavy (non-hydrogen) atoms. The molecule has 0 fully saturated rings. The number of carbonyl (C=O) groups is 1. The monoisotopic (exact) mass is 426 g/mol. The van der Waals surface area contributed by atoms with Gasteiger partial charge in [-0.25, -0.2) is 0 Å². The van der Waals surface area contributed by atoms with Crippen LogP contribution in [0.4, 0.5) is 11.4 Å². The number of fused-ring (bicyclic) bond motifs is 1. The first kappa shape index (κ1) is 13.5. The van der Waals surface area contributed by atoms with Crippen LogP contribution < -0.4 is 9.21 Å². The van der Waals surface area contributed by atoms with Crippen molar-refractivity contribution in [3.8, 4) is 0 Å². The number of hydrogen-bond donors (Lipinski definition) is 0. The Kier molecular flexibility index (Phi) is 4.25. The van der Waals surface area contributed by atoms with Gasteiger partial charge in [0.2, 0.25) is 5.91 Å². The van der Waals surface area contributed by atoms with E-state index in [0.717, 1.165) is 22.4 Å². The molecule has 0 saturated carbocycles. The molecule has 1 aromatic rings. The minimum Gasteiger partial charge on any atom is -0.306 e. The topological polar surface area (TPSA) is 23.6 Å². The van der Waals surface area contributed by atoms with E-state index in [9.17, 15) is 4.79 Å². The van der Waals surface area contributed by atoms with E-state index in [0.29, 0.717) is 0 Å². The van der Waals surface area contributed by atoms with Gasteiger partial charge in [0, 0.05) is 41.7 Å². The van der Waals surface area contributed by atoms with E-state index in [1.54, 1.807) is 16.0 Å². The van der Waals surface area contributed by atoms with Crippen LogP contribution in [0.3, 0.4) is 0 Å². The summed E-state index contributed by atoms with van der Waals surface area (Å²) in [5.74, 6) is 0.0965. The number of amides is 1. The van der Waals surface area contributed by atoms with Crippen LogP contribution in [-0.4, -0.2) is 18.5 Å². The molecular formula is C11H12BrIN2OS. The van der Waals surface area contributed by atoms with Crippen LogP contribution in [-0.2, 0) is 4.79 Å². The quantitative estimate of drug-likeness (QED) is 0.500. The van der Waals surface area contributed by atoms with Crippen molar-refractivity contribution in [1.82, 2.24) is 0 Å². The van der Waals surface area contributed by atoms with Gasteiger partial charge in [-0.1, -0.05) is 15.9 Å². The van der Waals surface area contributed by atoms with Gasteiger partial charge in [0.25, 0.3) is 0 Å². The maximum Gasteiger partial charge on any atom is 0.224 e. The molecule has 0 aliphatic carbocycles. The van der Waals surface area contributed by atoms with Crippen molar-refractivity contribution in [2.75, 3.05) is 15.7 Å². The van der Waals surface area contributed by atoms with E-state index in [1.807, 2.05) is 17.0 Å². The lowest BCUT2D eigenvalue weighted by Gasteiger charge is -2.40. The van der Waals surface area contributed by atoms with Gasteiger partial charge in [0.15, 0.2) is 0 Å². The fourth-order valence-electron chi connectivity index (χ4n) is 2.10. The first-order chi connectivity index (χ1) is 8.04. The van der Waals surface area contributed by atoms with Gasteiger partial charge >= 0.3 is 0 Å². The van der Waals surface area contributed by atoms with Crippen LogP contribution >= 0.6 is 46.3 Å². The Morgan fingerprint density at radius 1 is 1.53 bits per heavy atom. The Morgan fingerprint density at radius 2 is 2.24 bits per heavy atom. The number of benzene rings is 1. The predicted octanol–water partition coefficient (Wildman–Crippen LogP) is 4.01. The first-order valence-corrected chi connectivity index (χ1v) is 9.31. The van der Waals surface area contributed by atoms with Gasteiger partial charge in [0.1, 0.15) is 0 Å². The molecule has 1 aliphatic heterocycles. The lowest BCUT2D eigenvalue weighted by Crippen LogP contribution is -2.47. The van der Waals surface area contributed by atoms with E-state index in [4.69, 9.17) is 0 Å². The zero-order valence-corrected chi connectivity index (χ0v) is 14.0. The molecule has 1 atom stereocenters. The predicted molar refractivity (Wildman–Crippen MR) is 85.7 cm³/mol. The molecule has 0 unspecified atom stereocenters. The summed E-state index contributed by atoms with van der Waals surface area (Å²) >= 11 is 5.75. The van der Waals surface area contributed by atoms with E-state index >= 15 is 0 Å². The maximum absolute atomic E-state index is 11.7. The highest BCUT2D eigenvalue weighted by Gasteiger charge is 2.30. The van der Waals surface area contributed by atoms with Gasteiger partial charge < -0.3 is 9.21 Å². The standard InChI is InChI=1S/C11H12BrIN2OS/c1-7-6-14(17-13)11-5-9(12)3-4-10(11)15(7)8(2)16/h3-5,7H,6H2,1-2H3/t7-/m0/s1. The average Bonchev–Trinajstić information content (AvgIpc) is 2.27. The van der Waals surface area contributed by atoms with Crippen LogP contribution in [0.2, 0.25) is 0 Å². The molecule has 92 valence electrons. The van der Waals surface area contributed by atoms with E-state index in [1.165, 1.54) is 0 Å². The van der Waals surface area contributed by atoms with Crippen LogP contribution in [0.15, 0.2) is 22.7 Å². The second kappa shape index (κ2) is 5.36. The molecule has 0 bridgehead atoms. The summed E-state index contributed by atoms with van der Waals surface area (Å²) in [6.45, 7) is 4.54. The molecule has 1 heterocycles. The molecule has 1 aliphatic rings. The Bertz CT molecular complexity index is 457. The van der Waals surface area contributed by atoms with Gasteiger partial charge in [0.05, 0.1) is 24.0 Å². The fourth-order valence-corrected chi connectivity index (χ4v) is 4.06. The molecule has 1 aromatic carbocycles. The lowest BCUT2D eigenvalue weighted by atomic mass is 10.1. The number of hydrogen-bond acceptors (Lipinski definition) is 3. The molecule has 2 rings (SSSR count). The van der Waals surface area contributed by atoms with Crippen molar-refractivity contribution in [3.63, 3.8) is 0 Å². The molecule has 0 saturated heterocycles. The van der Waals surface area contributed by atoms with Gasteiger partial charge in [-0.15, -0.1) is 0 Å². The average molecular weight is 427 g/mol. The van der Waals surface area contributed by atoms with Crippen LogP contribution in [0.1, 0.15) is 13.8 Å². The minimum absolute atomic E-state index is 0.0965. The SMILES string of the molecule is CC(=O)N1c2ccc(Br)cc2N(SI)C[C@@H]1C. The van der Waals surface area contributed by atoms with Crippen molar-refractivity contribution in [2.24, 2.45) is 0 Å². The molecule has 3 nitrogen and oxygen atoms in total. The Labute approximate surface area is 126 Å².